The lowest BCUT2D eigenvalue weighted by atomic mass is 9.99. The molecule has 2 rings (SSSR count). The second-order valence-electron chi connectivity index (χ2n) is 9.28. The number of ether oxygens (including phenoxy) is 1. The number of amides is 1. The van der Waals surface area contributed by atoms with Crippen LogP contribution in [-0.2, 0) is 32.1 Å². The first kappa shape index (κ1) is 26.8. The van der Waals surface area contributed by atoms with E-state index in [4.69, 9.17) is 8.92 Å². The molecule has 0 saturated carbocycles. The maximum Gasteiger partial charge on any atom is 0.407 e. The molecule has 0 heterocycles. The Morgan fingerprint density at radius 2 is 1.55 bits per heavy atom. The molecule has 8 heteroatoms. The van der Waals surface area contributed by atoms with Gasteiger partial charge in [0, 0.05) is 0 Å². The number of carbonyl (C=O) groups is 1. The van der Waals surface area contributed by atoms with Crippen molar-refractivity contribution in [3.05, 3.63) is 71.8 Å². The van der Waals surface area contributed by atoms with E-state index >= 15 is 0 Å². The van der Waals surface area contributed by atoms with Crippen LogP contribution in [0.1, 0.15) is 44.7 Å². The zero-order valence-electron chi connectivity index (χ0n) is 19.6. The number of rotatable bonds is 12. The number of hydrogen-bond donors (Lipinski definition) is 2. The molecule has 2 aromatic carbocycles. The third kappa shape index (κ3) is 11.3. The van der Waals surface area contributed by atoms with Crippen LogP contribution in [0.25, 0.3) is 0 Å². The molecule has 0 aliphatic heterocycles. The van der Waals surface area contributed by atoms with Crippen molar-refractivity contribution in [2.75, 3.05) is 12.4 Å². The molecule has 0 radical (unpaired) electrons. The number of benzene rings is 2. The van der Waals surface area contributed by atoms with Crippen molar-refractivity contribution in [3.8, 4) is 0 Å². The Morgan fingerprint density at radius 3 is 2.12 bits per heavy atom. The van der Waals surface area contributed by atoms with Gasteiger partial charge in [0.2, 0.25) is 0 Å². The molecule has 2 atom stereocenters. The number of aliphatic hydroxyl groups is 1. The lowest BCUT2D eigenvalue weighted by Gasteiger charge is -2.24. The average molecular weight is 478 g/mol. The summed E-state index contributed by atoms with van der Waals surface area (Å²) in [7, 11) is -3.80. The highest BCUT2D eigenvalue weighted by molar-refractivity contribution is 7.86. The van der Waals surface area contributed by atoms with Crippen molar-refractivity contribution in [1.29, 1.82) is 0 Å². The molecule has 182 valence electrons. The van der Waals surface area contributed by atoms with Crippen molar-refractivity contribution in [2.45, 2.75) is 58.8 Å². The number of alkyl carbamates (subject to hydrolysis) is 1. The first-order valence-electron chi connectivity index (χ1n) is 11.1. The van der Waals surface area contributed by atoms with E-state index in [0.29, 0.717) is 12.8 Å². The lowest BCUT2D eigenvalue weighted by molar-refractivity contribution is 0.0952. The third-order valence-corrected chi connectivity index (χ3v) is 6.12. The summed E-state index contributed by atoms with van der Waals surface area (Å²) in [6, 6.07) is 18.1. The van der Waals surface area contributed by atoms with Gasteiger partial charge in [0.25, 0.3) is 10.1 Å². The third-order valence-electron chi connectivity index (χ3n) is 4.90. The second-order valence-corrected chi connectivity index (χ2v) is 11.0. The van der Waals surface area contributed by atoms with Gasteiger partial charge in [-0.15, -0.1) is 0 Å². The Labute approximate surface area is 197 Å². The molecule has 0 saturated heterocycles. The highest BCUT2D eigenvalue weighted by Gasteiger charge is 2.26. The minimum absolute atomic E-state index is 0.00285. The molecule has 2 aromatic rings. The maximum absolute atomic E-state index is 12.4. The first-order chi connectivity index (χ1) is 15.5. The van der Waals surface area contributed by atoms with Gasteiger partial charge in [-0.1, -0.05) is 81.4 Å². The average Bonchev–Trinajstić information content (AvgIpc) is 2.78. The van der Waals surface area contributed by atoms with Crippen LogP contribution in [0.5, 0.6) is 0 Å². The molecule has 0 fully saturated rings. The van der Waals surface area contributed by atoms with Crippen LogP contribution >= 0.6 is 0 Å². The van der Waals surface area contributed by atoms with Gasteiger partial charge in [-0.2, -0.15) is 8.42 Å². The molecule has 0 unspecified atom stereocenters. The van der Waals surface area contributed by atoms with Gasteiger partial charge in [-0.3, -0.25) is 4.18 Å². The van der Waals surface area contributed by atoms with E-state index < -0.39 is 28.4 Å². The molecular formula is C25H35NO6S. The van der Waals surface area contributed by atoms with E-state index in [-0.39, 0.29) is 30.8 Å². The van der Waals surface area contributed by atoms with E-state index in [1.165, 1.54) is 0 Å². The van der Waals surface area contributed by atoms with Crippen molar-refractivity contribution >= 4 is 16.2 Å². The fraction of sp³-hybridized carbons (Fsp3) is 0.480. The van der Waals surface area contributed by atoms with Crippen LogP contribution < -0.4 is 5.32 Å². The standard InChI is InChI=1S/C25H35NO6S/c1-25(2,3)19-32-33(29,30)17-16-22(23(27)15-14-20-10-6-4-7-11-20)26-24(28)31-18-21-12-8-5-9-13-21/h4-13,22-23,27H,14-19H2,1-3H3,(H,26,28)/t22-,23+/m0/s1. The fourth-order valence-corrected chi connectivity index (χ4v) is 4.23. The monoisotopic (exact) mass is 477 g/mol. The molecular weight excluding hydrogens is 442 g/mol. The zero-order chi connectivity index (χ0) is 24.3. The van der Waals surface area contributed by atoms with Crippen LogP contribution in [0.2, 0.25) is 0 Å². The van der Waals surface area contributed by atoms with Crippen molar-refractivity contribution < 1.29 is 27.2 Å². The Kier molecular flexibility index (Phi) is 10.3. The molecule has 0 aliphatic carbocycles. The summed E-state index contributed by atoms with van der Waals surface area (Å²) in [5, 5.41) is 13.4. The van der Waals surface area contributed by atoms with Gasteiger partial charge < -0.3 is 15.2 Å². The van der Waals surface area contributed by atoms with Crippen LogP contribution in [-0.4, -0.2) is 44.1 Å². The molecule has 0 spiro atoms. The van der Waals surface area contributed by atoms with Crippen molar-refractivity contribution in [3.63, 3.8) is 0 Å². The summed E-state index contributed by atoms with van der Waals surface area (Å²) < 4.78 is 35.0. The van der Waals surface area contributed by atoms with E-state index in [1.54, 1.807) is 0 Å². The number of nitrogens with one attached hydrogen (secondary N) is 1. The first-order valence-corrected chi connectivity index (χ1v) is 12.7. The lowest BCUT2D eigenvalue weighted by Crippen LogP contribution is -2.45. The minimum Gasteiger partial charge on any atom is -0.445 e. The number of aliphatic hydroxyl groups excluding tert-OH is 1. The van der Waals surface area contributed by atoms with E-state index in [0.717, 1.165) is 11.1 Å². The summed E-state index contributed by atoms with van der Waals surface area (Å²) in [5.41, 5.74) is 1.57. The van der Waals surface area contributed by atoms with Crippen LogP contribution in [0.4, 0.5) is 4.79 Å². The van der Waals surface area contributed by atoms with Gasteiger partial charge in [0.1, 0.15) is 6.61 Å². The predicted octanol–water partition coefficient (Wildman–Crippen LogP) is 4.06. The van der Waals surface area contributed by atoms with E-state index in [9.17, 15) is 18.3 Å². The summed E-state index contributed by atoms with van der Waals surface area (Å²) >= 11 is 0. The minimum atomic E-state index is -3.80. The summed E-state index contributed by atoms with van der Waals surface area (Å²) in [5.74, 6) is -0.324. The normalized spacial score (nSPS) is 13.8. The Balaban J connectivity index is 1.97. The maximum atomic E-state index is 12.4. The van der Waals surface area contributed by atoms with E-state index in [1.807, 2.05) is 81.4 Å². The number of carbonyl (C=O) groups excluding carboxylic acids is 1. The summed E-state index contributed by atoms with van der Waals surface area (Å²) in [6.45, 7) is 5.77. The largest absolute Gasteiger partial charge is 0.445 e. The van der Waals surface area contributed by atoms with Gasteiger partial charge in [0.15, 0.2) is 0 Å². The Hall–Kier alpha value is -2.42. The molecule has 0 bridgehead atoms. The van der Waals surface area contributed by atoms with Crippen molar-refractivity contribution in [1.82, 2.24) is 5.32 Å². The SMILES string of the molecule is CC(C)(C)COS(=O)(=O)CC[C@H](NC(=O)OCc1ccccc1)[C@H](O)CCc1ccccc1. The number of hydrogen-bond acceptors (Lipinski definition) is 6. The summed E-state index contributed by atoms with van der Waals surface area (Å²) in [6.07, 6.45) is -0.714. The van der Waals surface area contributed by atoms with E-state index in [2.05, 4.69) is 5.32 Å². The Morgan fingerprint density at radius 1 is 0.970 bits per heavy atom. The van der Waals surface area contributed by atoms with Crippen molar-refractivity contribution in [2.24, 2.45) is 5.41 Å². The molecule has 0 aliphatic rings. The quantitative estimate of drug-likeness (QED) is 0.447. The molecule has 2 N–H and O–H groups in total. The number of aryl methyl sites for hydroxylation is 1. The molecule has 0 aromatic heterocycles. The predicted molar refractivity (Wildman–Crippen MR) is 128 cm³/mol. The van der Waals surface area contributed by atoms with Gasteiger partial charge in [-0.25, -0.2) is 4.79 Å². The van der Waals surface area contributed by atoms with Gasteiger partial charge in [0.05, 0.1) is 24.5 Å². The van der Waals surface area contributed by atoms with Gasteiger partial charge in [-0.05, 0) is 35.8 Å². The molecule has 33 heavy (non-hydrogen) atoms. The zero-order valence-corrected chi connectivity index (χ0v) is 20.4. The van der Waals surface area contributed by atoms with Crippen LogP contribution in [0, 0.1) is 5.41 Å². The highest BCUT2D eigenvalue weighted by Crippen LogP contribution is 2.16. The topological polar surface area (TPSA) is 102 Å². The smallest absolute Gasteiger partial charge is 0.407 e. The van der Waals surface area contributed by atoms with Crippen LogP contribution in [0.15, 0.2) is 60.7 Å². The van der Waals surface area contributed by atoms with Crippen LogP contribution in [0.3, 0.4) is 0 Å². The molecule has 1 amide bonds. The highest BCUT2D eigenvalue weighted by atomic mass is 32.2. The summed E-state index contributed by atoms with van der Waals surface area (Å²) in [4.78, 5) is 12.4. The molecule has 7 nitrogen and oxygen atoms in total. The fourth-order valence-electron chi connectivity index (χ4n) is 3.03. The Bertz CT molecular complexity index is 942. The second kappa shape index (κ2) is 12.7. The van der Waals surface area contributed by atoms with Gasteiger partial charge >= 0.3 is 6.09 Å².